The van der Waals surface area contributed by atoms with E-state index in [0.717, 1.165) is 35.1 Å². The molecule has 0 saturated carbocycles. The average Bonchev–Trinajstić information content (AvgIpc) is 3.31. The molecule has 0 aliphatic carbocycles. The van der Waals surface area contributed by atoms with Crippen LogP contribution in [0.25, 0.3) is 5.69 Å². The van der Waals surface area contributed by atoms with Crippen molar-refractivity contribution in [2.24, 2.45) is 0 Å². The van der Waals surface area contributed by atoms with Gasteiger partial charge in [0.1, 0.15) is 22.9 Å². The van der Waals surface area contributed by atoms with Crippen LogP contribution in [-0.4, -0.2) is 81.8 Å². The number of alkyl halides is 5. The van der Waals surface area contributed by atoms with Gasteiger partial charge in [-0.1, -0.05) is 12.1 Å². The number of aromatic nitrogens is 2. The van der Waals surface area contributed by atoms with Gasteiger partial charge in [0.2, 0.25) is 0 Å². The van der Waals surface area contributed by atoms with Crippen LogP contribution in [0.4, 0.5) is 32.2 Å². The van der Waals surface area contributed by atoms with Crippen molar-refractivity contribution in [2.75, 3.05) is 32.0 Å². The highest BCUT2D eigenvalue weighted by molar-refractivity contribution is 5.98. The number of nitrogen functional groups attached to an aromatic ring is 1. The summed E-state index contributed by atoms with van der Waals surface area (Å²) < 4.78 is 93.1. The summed E-state index contributed by atoms with van der Waals surface area (Å²) in [5.74, 6) is -3.73. The van der Waals surface area contributed by atoms with Gasteiger partial charge < -0.3 is 30.5 Å². The molecule has 1 unspecified atom stereocenters. The molecular weight excluding hydrogens is 600 g/mol. The van der Waals surface area contributed by atoms with Gasteiger partial charge in [-0.05, 0) is 57.2 Å². The molecule has 3 aromatic rings. The molecule has 2 aromatic carbocycles. The fraction of sp³-hybridized carbons (Fsp3) is 0.393. The van der Waals surface area contributed by atoms with Crippen molar-refractivity contribution in [3.8, 4) is 11.4 Å². The first-order chi connectivity index (χ1) is 20.4. The van der Waals surface area contributed by atoms with Gasteiger partial charge >= 0.3 is 12.8 Å². The molecule has 4 N–H and O–H groups in total. The Morgan fingerprint density at radius 2 is 1.70 bits per heavy atom. The number of ether oxygens (including phenoxy) is 2. The number of halogens is 6. The second kappa shape index (κ2) is 13.5. The lowest BCUT2D eigenvalue weighted by Crippen LogP contribution is -2.61. The quantitative estimate of drug-likeness (QED) is 0.256. The van der Waals surface area contributed by atoms with Crippen LogP contribution in [0.1, 0.15) is 41.5 Å². The number of carbonyl (C=O) groups is 2. The van der Waals surface area contributed by atoms with Crippen LogP contribution in [0.5, 0.6) is 5.75 Å². The smallest absolute Gasteiger partial charge is 0.420 e. The Bertz CT molecular complexity index is 1440. The topological polar surface area (TPSA) is 132 Å². The molecule has 1 aromatic heterocycles. The molecule has 10 nitrogen and oxygen atoms in total. The van der Waals surface area contributed by atoms with Crippen LogP contribution in [0, 0.1) is 5.82 Å². The van der Waals surface area contributed by atoms with Gasteiger partial charge in [-0.25, -0.2) is 9.07 Å². The van der Waals surface area contributed by atoms with E-state index >= 15 is 0 Å². The number of aliphatic hydroxyl groups is 1. The van der Waals surface area contributed by atoms with E-state index < -0.39 is 72.6 Å². The molecule has 0 fully saturated rings. The van der Waals surface area contributed by atoms with Crippen molar-refractivity contribution in [1.82, 2.24) is 20.0 Å². The Kier molecular flexibility index (Phi) is 10.5. The predicted octanol–water partition coefficient (Wildman–Crippen LogP) is 4.18. The van der Waals surface area contributed by atoms with E-state index in [-0.39, 0.29) is 23.7 Å². The first kappa shape index (κ1) is 34.2. The van der Waals surface area contributed by atoms with Crippen LogP contribution >= 0.6 is 0 Å². The number of carbonyl (C=O) groups excluding carboxylic acids is 2. The number of amides is 2. The normalized spacial score (nSPS) is 13.4. The van der Waals surface area contributed by atoms with Crippen molar-refractivity contribution < 1.29 is 50.5 Å². The first-order valence-electron chi connectivity index (χ1n) is 13.1. The standard InChI is InChI=1S/C28H31F6N5O5/c1-26(2,3)43-13-12-38(24(41)19-6-4-5-7-21(19)44-25(30)31)16-27(42,28(32,33)34)15-36-23(40)20-14-37-39(22(20)35)18-10-8-17(29)9-11-18/h4-11,14,25,42H,12-13,15-16,35H2,1-3H3,(H,36,40). The number of nitrogens with one attached hydrogen (secondary N) is 1. The molecule has 1 atom stereocenters. The lowest BCUT2D eigenvalue weighted by molar-refractivity contribution is -0.260. The molecule has 0 radical (unpaired) electrons. The Labute approximate surface area is 248 Å². The summed E-state index contributed by atoms with van der Waals surface area (Å²) in [7, 11) is 0. The van der Waals surface area contributed by atoms with Crippen molar-refractivity contribution in [2.45, 2.75) is 44.8 Å². The monoisotopic (exact) mass is 631 g/mol. The molecular formula is C28H31F6N5O5. The predicted molar refractivity (Wildman–Crippen MR) is 146 cm³/mol. The summed E-state index contributed by atoms with van der Waals surface area (Å²) >= 11 is 0. The van der Waals surface area contributed by atoms with Crippen molar-refractivity contribution in [3.63, 3.8) is 0 Å². The van der Waals surface area contributed by atoms with E-state index in [4.69, 9.17) is 10.5 Å². The van der Waals surface area contributed by atoms with Crippen molar-refractivity contribution in [3.05, 3.63) is 71.7 Å². The summed E-state index contributed by atoms with van der Waals surface area (Å²) in [4.78, 5) is 26.8. The zero-order valence-electron chi connectivity index (χ0n) is 23.9. The third kappa shape index (κ3) is 8.63. The van der Waals surface area contributed by atoms with Crippen LogP contribution in [0.2, 0.25) is 0 Å². The Morgan fingerprint density at radius 1 is 1.07 bits per heavy atom. The van der Waals surface area contributed by atoms with E-state index in [1.165, 1.54) is 24.3 Å². The minimum atomic E-state index is -5.40. The SMILES string of the molecule is CC(C)(C)OCCN(CC(O)(CNC(=O)c1cnn(-c2ccc(F)cc2)c1N)C(F)(F)F)C(=O)c1ccccc1OC(F)F. The molecule has 0 spiro atoms. The minimum absolute atomic E-state index is 0.262. The number of nitrogens with two attached hydrogens (primary N) is 1. The van der Waals surface area contributed by atoms with Crippen LogP contribution in [-0.2, 0) is 4.74 Å². The Morgan fingerprint density at radius 3 is 2.30 bits per heavy atom. The second-order valence-corrected chi connectivity index (χ2v) is 10.6. The number of nitrogens with zero attached hydrogens (tertiary/aromatic N) is 3. The molecule has 0 saturated heterocycles. The highest BCUT2D eigenvalue weighted by atomic mass is 19.4. The molecule has 1 heterocycles. The highest BCUT2D eigenvalue weighted by Gasteiger charge is 2.55. The summed E-state index contributed by atoms with van der Waals surface area (Å²) in [6.07, 6.45) is -4.42. The van der Waals surface area contributed by atoms with Gasteiger partial charge in [-0.2, -0.15) is 27.1 Å². The van der Waals surface area contributed by atoms with Gasteiger partial charge in [0.25, 0.3) is 11.8 Å². The molecule has 240 valence electrons. The number of anilines is 1. The van der Waals surface area contributed by atoms with Crippen LogP contribution in [0.15, 0.2) is 54.7 Å². The number of benzene rings is 2. The number of para-hydroxylation sites is 1. The van der Waals surface area contributed by atoms with Gasteiger partial charge in [-0.3, -0.25) is 9.59 Å². The van der Waals surface area contributed by atoms with E-state index in [1.54, 1.807) is 20.8 Å². The van der Waals surface area contributed by atoms with E-state index in [1.807, 2.05) is 5.32 Å². The Balaban J connectivity index is 1.87. The maximum absolute atomic E-state index is 14.3. The highest BCUT2D eigenvalue weighted by Crippen LogP contribution is 2.32. The maximum Gasteiger partial charge on any atom is 0.420 e. The van der Waals surface area contributed by atoms with Crippen molar-refractivity contribution >= 4 is 17.6 Å². The fourth-order valence-corrected chi connectivity index (χ4v) is 3.93. The van der Waals surface area contributed by atoms with Gasteiger partial charge in [0.15, 0.2) is 5.60 Å². The molecule has 3 rings (SSSR count). The summed E-state index contributed by atoms with van der Waals surface area (Å²) in [5.41, 5.74) is 0.908. The average molecular weight is 632 g/mol. The third-order valence-electron chi connectivity index (χ3n) is 6.16. The molecule has 2 amide bonds. The Hall–Kier alpha value is -4.31. The van der Waals surface area contributed by atoms with Crippen LogP contribution in [0.3, 0.4) is 0 Å². The van der Waals surface area contributed by atoms with Gasteiger partial charge in [0.05, 0.1) is 42.7 Å². The molecule has 0 aliphatic heterocycles. The van der Waals surface area contributed by atoms with Crippen LogP contribution < -0.4 is 15.8 Å². The van der Waals surface area contributed by atoms with Crippen molar-refractivity contribution in [1.29, 1.82) is 0 Å². The number of hydrogen-bond acceptors (Lipinski definition) is 7. The third-order valence-corrected chi connectivity index (χ3v) is 6.16. The maximum atomic E-state index is 14.3. The lowest BCUT2D eigenvalue weighted by atomic mass is 10.0. The zero-order chi connectivity index (χ0) is 32.9. The molecule has 44 heavy (non-hydrogen) atoms. The zero-order valence-corrected chi connectivity index (χ0v) is 23.9. The second-order valence-electron chi connectivity index (χ2n) is 10.6. The van der Waals surface area contributed by atoms with Gasteiger partial charge in [0, 0.05) is 6.54 Å². The molecule has 16 heteroatoms. The van der Waals surface area contributed by atoms with E-state index in [9.17, 15) is 41.0 Å². The summed E-state index contributed by atoms with van der Waals surface area (Å²) in [5, 5.41) is 16.7. The molecule has 0 bridgehead atoms. The molecule has 0 aliphatic rings. The lowest BCUT2D eigenvalue weighted by Gasteiger charge is -2.36. The van der Waals surface area contributed by atoms with E-state index in [2.05, 4.69) is 9.84 Å². The van der Waals surface area contributed by atoms with E-state index in [0.29, 0.717) is 4.90 Å². The number of rotatable bonds is 12. The summed E-state index contributed by atoms with van der Waals surface area (Å²) in [6.45, 7) is -1.98. The first-order valence-corrected chi connectivity index (χ1v) is 13.1. The fourth-order valence-electron chi connectivity index (χ4n) is 3.93. The number of hydrogen-bond donors (Lipinski definition) is 3. The minimum Gasteiger partial charge on any atom is -0.434 e. The van der Waals surface area contributed by atoms with Gasteiger partial charge in [-0.15, -0.1) is 0 Å². The summed E-state index contributed by atoms with van der Waals surface area (Å²) in [6, 6.07) is 9.53. The largest absolute Gasteiger partial charge is 0.434 e.